The van der Waals surface area contributed by atoms with Gasteiger partial charge in [0.05, 0.1) is 7.05 Å². The topological polar surface area (TPSA) is 33.5 Å². The van der Waals surface area contributed by atoms with Crippen LogP contribution in [0.15, 0.2) is 42.5 Å². The van der Waals surface area contributed by atoms with E-state index in [-0.39, 0.29) is 5.91 Å². The summed E-state index contributed by atoms with van der Waals surface area (Å²) in [5.41, 5.74) is 5.96. The zero-order chi connectivity index (χ0) is 16.1. The van der Waals surface area contributed by atoms with Gasteiger partial charge in [0.25, 0.3) is 5.91 Å². The van der Waals surface area contributed by atoms with Crippen molar-refractivity contribution in [2.75, 3.05) is 14.1 Å². The van der Waals surface area contributed by atoms with Crippen LogP contribution in [0.3, 0.4) is 0 Å². The third-order valence-electron chi connectivity index (χ3n) is 3.74. The molecule has 0 aromatic heterocycles. The second kappa shape index (κ2) is 7.23. The van der Waals surface area contributed by atoms with Crippen LogP contribution in [-0.2, 0) is 13.1 Å². The quantitative estimate of drug-likeness (QED) is 0.868. The fourth-order valence-corrected chi connectivity index (χ4v) is 2.85. The Kier molecular flexibility index (Phi) is 5.34. The fourth-order valence-electron chi connectivity index (χ4n) is 2.85. The lowest BCUT2D eigenvalue weighted by Crippen LogP contribution is -3.06. The van der Waals surface area contributed by atoms with Gasteiger partial charge in [0.2, 0.25) is 0 Å². The minimum atomic E-state index is -0.0394. The van der Waals surface area contributed by atoms with Gasteiger partial charge in [-0.2, -0.15) is 0 Å². The highest BCUT2D eigenvalue weighted by Gasteiger charge is 2.08. The minimum Gasteiger partial charge on any atom is -0.355 e. The van der Waals surface area contributed by atoms with Crippen molar-refractivity contribution in [1.82, 2.24) is 5.32 Å². The number of amides is 1. The largest absolute Gasteiger partial charge is 0.355 e. The van der Waals surface area contributed by atoms with Crippen LogP contribution in [-0.4, -0.2) is 20.0 Å². The number of aryl methyl sites for hydroxylation is 2. The molecule has 0 aliphatic heterocycles. The molecule has 1 amide bonds. The van der Waals surface area contributed by atoms with Crippen molar-refractivity contribution >= 4 is 5.91 Å². The number of carbonyl (C=O) groups is 1. The average Bonchev–Trinajstić information content (AvgIpc) is 2.46. The van der Waals surface area contributed by atoms with Gasteiger partial charge in [-0.1, -0.05) is 41.5 Å². The molecule has 22 heavy (non-hydrogen) atoms. The lowest BCUT2D eigenvalue weighted by atomic mass is 10.1. The zero-order valence-corrected chi connectivity index (χ0v) is 13.9. The molecule has 0 aliphatic carbocycles. The van der Waals surface area contributed by atoms with Crippen LogP contribution >= 0.6 is 0 Å². The van der Waals surface area contributed by atoms with Crippen LogP contribution in [0.1, 0.15) is 32.6 Å². The number of rotatable bonds is 5. The first-order valence-electron chi connectivity index (χ1n) is 7.67. The maximum Gasteiger partial charge on any atom is 0.251 e. The molecule has 2 aromatic rings. The molecule has 116 valence electrons. The normalized spacial score (nSPS) is 12.0. The molecule has 2 aromatic carbocycles. The van der Waals surface area contributed by atoms with Crippen LogP contribution in [0.25, 0.3) is 0 Å². The molecule has 3 heteroatoms. The van der Waals surface area contributed by atoms with Gasteiger partial charge in [0.1, 0.15) is 13.1 Å². The summed E-state index contributed by atoms with van der Waals surface area (Å²) < 4.78 is 0. The summed E-state index contributed by atoms with van der Waals surface area (Å²) in [4.78, 5) is 13.0. The second-order valence-corrected chi connectivity index (χ2v) is 6.08. The van der Waals surface area contributed by atoms with E-state index < -0.39 is 0 Å². The van der Waals surface area contributed by atoms with Crippen LogP contribution in [0, 0.1) is 13.8 Å². The van der Waals surface area contributed by atoms with Crippen molar-refractivity contribution in [3.63, 3.8) is 0 Å². The number of carbonyl (C=O) groups excluding carboxylic acids is 1. The Hall–Kier alpha value is -2.13. The number of benzene rings is 2. The molecule has 3 nitrogen and oxygen atoms in total. The highest BCUT2D eigenvalue weighted by Crippen LogP contribution is 2.08. The molecule has 2 N–H and O–H groups in total. The second-order valence-electron chi connectivity index (χ2n) is 6.08. The molecule has 0 spiro atoms. The Morgan fingerprint density at radius 3 is 2.05 bits per heavy atom. The first-order chi connectivity index (χ1) is 10.5. The van der Waals surface area contributed by atoms with Gasteiger partial charge in [0, 0.05) is 23.7 Å². The third kappa shape index (κ3) is 4.43. The highest BCUT2D eigenvalue weighted by molar-refractivity contribution is 5.93. The van der Waals surface area contributed by atoms with Crippen LogP contribution in [0.4, 0.5) is 0 Å². The van der Waals surface area contributed by atoms with E-state index in [0.29, 0.717) is 5.56 Å². The summed E-state index contributed by atoms with van der Waals surface area (Å²) in [5.74, 6) is -0.0394. The maximum atomic E-state index is 11.5. The van der Waals surface area contributed by atoms with Gasteiger partial charge >= 0.3 is 0 Å². The first-order valence-corrected chi connectivity index (χ1v) is 7.67. The first kappa shape index (κ1) is 16.2. The molecular formula is C19H25N2O+. The van der Waals surface area contributed by atoms with E-state index in [9.17, 15) is 4.79 Å². The molecule has 0 heterocycles. The van der Waals surface area contributed by atoms with Crippen molar-refractivity contribution in [3.05, 3.63) is 70.3 Å². The van der Waals surface area contributed by atoms with E-state index in [4.69, 9.17) is 0 Å². The Balaban J connectivity index is 1.99. The number of quaternary nitrogens is 1. The number of nitrogens with one attached hydrogen (secondary N) is 2. The zero-order valence-electron chi connectivity index (χ0n) is 13.9. The molecule has 0 radical (unpaired) electrons. The van der Waals surface area contributed by atoms with Crippen LogP contribution in [0.2, 0.25) is 0 Å². The standard InChI is InChI=1S/C19H24N2O/c1-14-9-15(2)11-17(10-14)13-21(4)12-16-5-7-18(8-6-16)19(22)20-3/h5-11H,12-13H2,1-4H3,(H,20,22)/p+1. The number of hydrogen-bond acceptors (Lipinski definition) is 1. The smallest absolute Gasteiger partial charge is 0.251 e. The van der Waals surface area contributed by atoms with Gasteiger partial charge in [-0.15, -0.1) is 0 Å². The predicted octanol–water partition coefficient (Wildman–Crippen LogP) is 1.88. The molecule has 0 bridgehead atoms. The predicted molar refractivity (Wildman–Crippen MR) is 90.0 cm³/mol. The molecular weight excluding hydrogens is 272 g/mol. The average molecular weight is 297 g/mol. The summed E-state index contributed by atoms with van der Waals surface area (Å²) in [7, 11) is 3.85. The molecule has 0 saturated carbocycles. The summed E-state index contributed by atoms with van der Waals surface area (Å²) in [5, 5.41) is 2.64. The Morgan fingerprint density at radius 2 is 1.50 bits per heavy atom. The van der Waals surface area contributed by atoms with Crippen molar-refractivity contribution in [2.24, 2.45) is 0 Å². The van der Waals surface area contributed by atoms with Gasteiger partial charge < -0.3 is 10.2 Å². The van der Waals surface area contributed by atoms with Crippen LogP contribution < -0.4 is 10.2 Å². The molecule has 0 fully saturated rings. The third-order valence-corrected chi connectivity index (χ3v) is 3.74. The van der Waals surface area contributed by atoms with E-state index in [1.165, 1.54) is 27.2 Å². The molecule has 2 rings (SSSR count). The van der Waals surface area contributed by atoms with E-state index in [1.807, 2.05) is 24.3 Å². The van der Waals surface area contributed by atoms with E-state index in [2.05, 4.69) is 44.4 Å². The monoisotopic (exact) mass is 297 g/mol. The Morgan fingerprint density at radius 1 is 0.955 bits per heavy atom. The molecule has 1 atom stereocenters. The van der Waals surface area contributed by atoms with E-state index in [0.717, 1.165) is 13.1 Å². The summed E-state index contributed by atoms with van der Waals surface area (Å²) >= 11 is 0. The van der Waals surface area contributed by atoms with E-state index in [1.54, 1.807) is 7.05 Å². The van der Waals surface area contributed by atoms with Crippen molar-refractivity contribution in [3.8, 4) is 0 Å². The van der Waals surface area contributed by atoms with Crippen LogP contribution in [0.5, 0.6) is 0 Å². The lowest BCUT2D eigenvalue weighted by Gasteiger charge is -2.15. The summed E-state index contributed by atoms with van der Waals surface area (Å²) in [6.45, 7) is 6.23. The Bertz CT molecular complexity index is 627. The van der Waals surface area contributed by atoms with Crippen molar-refractivity contribution < 1.29 is 9.69 Å². The van der Waals surface area contributed by atoms with Gasteiger partial charge in [-0.25, -0.2) is 0 Å². The Labute approximate surface area is 133 Å². The minimum absolute atomic E-state index is 0.0394. The number of hydrogen-bond donors (Lipinski definition) is 2. The molecule has 0 aliphatic rings. The molecule has 0 saturated heterocycles. The summed E-state index contributed by atoms with van der Waals surface area (Å²) in [6.07, 6.45) is 0. The summed E-state index contributed by atoms with van der Waals surface area (Å²) in [6, 6.07) is 14.6. The van der Waals surface area contributed by atoms with Gasteiger partial charge in [-0.05, 0) is 26.0 Å². The van der Waals surface area contributed by atoms with Crippen molar-refractivity contribution in [1.29, 1.82) is 0 Å². The van der Waals surface area contributed by atoms with Gasteiger partial charge in [-0.3, -0.25) is 4.79 Å². The lowest BCUT2D eigenvalue weighted by molar-refractivity contribution is -0.907. The molecule has 1 unspecified atom stereocenters. The maximum absolute atomic E-state index is 11.5. The fraction of sp³-hybridized carbons (Fsp3) is 0.316. The van der Waals surface area contributed by atoms with Crippen molar-refractivity contribution in [2.45, 2.75) is 26.9 Å². The van der Waals surface area contributed by atoms with E-state index >= 15 is 0 Å². The SMILES string of the molecule is CNC(=O)c1ccc(C[NH+](C)Cc2cc(C)cc(C)c2)cc1. The van der Waals surface area contributed by atoms with Gasteiger partial charge in [0.15, 0.2) is 0 Å². The highest BCUT2D eigenvalue weighted by atomic mass is 16.1.